The van der Waals surface area contributed by atoms with Gasteiger partial charge in [-0.3, -0.25) is 0 Å². The highest BCUT2D eigenvalue weighted by Gasteiger charge is 2.19. The van der Waals surface area contributed by atoms with E-state index in [0.717, 1.165) is 12.3 Å². The summed E-state index contributed by atoms with van der Waals surface area (Å²) in [6, 6.07) is 6.25. The van der Waals surface area contributed by atoms with E-state index in [1.54, 1.807) is 14.0 Å². The highest BCUT2D eigenvalue weighted by atomic mass is 16.5. The quantitative estimate of drug-likeness (QED) is 0.844. The SMILES string of the molecule is COc1ccc(CNCC(C)O)cc1C(C)(C)C. The number of benzene rings is 1. The normalized spacial score (nSPS) is 13.4. The van der Waals surface area contributed by atoms with Crippen LogP contribution in [-0.2, 0) is 12.0 Å². The number of ether oxygens (including phenoxy) is 1. The molecule has 2 N–H and O–H groups in total. The molecular formula is C15H25NO2. The fourth-order valence-electron chi connectivity index (χ4n) is 1.88. The van der Waals surface area contributed by atoms with E-state index in [0.29, 0.717) is 6.54 Å². The summed E-state index contributed by atoms with van der Waals surface area (Å²) in [5.41, 5.74) is 2.48. The van der Waals surface area contributed by atoms with Crippen LogP contribution in [0.1, 0.15) is 38.8 Å². The molecule has 1 atom stereocenters. The molecule has 0 aliphatic rings. The maximum Gasteiger partial charge on any atom is 0.122 e. The maximum atomic E-state index is 9.21. The van der Waals surface area contributed by atoms with Gasteiger partial charge in [-0.2, -0.15) is 0 Å². The van der Waals surface area contributed by atoms with Crippen LogP contribution in [-0.4, -0.2) is 24.9 Å². The number of nitrogens with one attached hydrogen (secondary N) is 1. The lowest BCUT2D eigenvalue weighted by atomic mass is 9.85. The van der Waals surface area contributed by atoms with Crippen LogP contribution in [0.15, 0.2) is 18.2 Å². The Kier molecular flexibility index (Phi) is 5.17. The molecule has 3 nitrogen and oxygen atoms in total. The monoisotopic (exact) mass is 251 g/mol. The highest BCUT2D eigenvalue weighted by molar-refractivity contribution is 5.41. The first kappa shape index (κ1) is 15.0. The Morgan fingerprint density at radius 3 is 2.50 bits per heavy atom. The minimum absolute atomic E-state index is 0.0611. The lowest BCUT2D eigenvalue weighted by Gasteiger charge is -2.23. The molecule has 0 spiro atoms. The van der Waals surface area contributed by atoms with Gasteiger partial charge in [0.05, 0.1) is 13.2 Å². The van der Waals surface area contributed by atoms with Crippen molar-refractivity contribution in [1.29, 1.82) is 0 Å². The van der Waals surface area contributed by atoms with E-state index in [-0.39, 0.29) is 11.5 Å². The lowest BCUT2D eigenvalue weighted by Crippen LogP contribution is -2.24. The van der Waals surface area contributed by atoms with Gasteiger partial charge < -0.3 is 15.2 Å². The maximum absolute atomic E-state index is 9.21. The molecule has 0 heterocycles. The first-order valence-electron chi connectivity index (χ1n) is 6.40. The zero-order chi connectivity index (χ0) is 13.8. The predicted octanol–water partition coefficient (Wildman–Crippen LogP) is 2.46. The van der Waals surface area contributed by atoms with E-state index in [1.165, 1.54) is 11.1 Å². The van der Waals surface area contributed by atoms with Crippen LogP contribution in [0.25, 0.3) is 0 Å². The average molecular weight is 251 g/mol. The second-order valence-electron chi connectivity index (χ2n) is 5.76. The van der Waals surface area contributed by atoms with Crippen LogP contribution < -0.4 is 10.1 Å². The molecule has 3 heteroatoms. The summed E-state index contributed by atoms with van der Waals surface area (Å²) in [6.07, 6.45) is -0.315. The molecule has 0 aliphatic heterocycles. The van der Waals surface area contributed by atoms with Gasteiger partial charge in [0, 0.05) is 13.1 Å². The third kappa shape index (κ3) is 4.31. The van der Waals surface area contributed by atoms with Crippen molar-refractivity contribution in [2.75, 3.05) is 13.7 Å². The van der Waals surface area contributed by atoms with Crippen molar-refractivity contribution in [2.24, 2.45) is 0 Å². The summed E-state index contributed by atoms with van der Waals surface area (Å²) in [7, 11) is 1.70. The number of aliphatic hydroxyl groups is 1. The Hall–Kier alpha value is -1.06. The molecular weight excluding hydrogens is 226 g/mol. The first-order chi connectivity index (χ1) is 8.34. The third-order valence-corrected chi connectivity index (χ3v) is 2.84. The van der Waals surface area contributed by atoms with Crippen LogP contribution in [0.2, 0.25) is 0 Å². The second kappa shape index (κ2) is 6.21. The average Bonchev–Trinajstić information content (AvgIpc) is 2.27. The van der Waals surface area contributed by atoms with Gasteiger partial charge in [-0.25, -0.2) is 0 Å². The first-order valence-corrected chi connectivity index (χ1v) is 6.40. The van der Waals surface area contributed by atoms with Crippen molar-refractivity contribution in [3.63, 3.8) is 0 Å². The molecule has 0 aromatic heterocycles. The summed E-state index contributed by atoms with van der Waals surface area (Å²) in [4.78, 5) is 0. The number of methoxy groups -OCH3 is 1. The summed E-state index contributed by atoms with van der Waals surface area (Å²) in [5, 5.41) is 12.4. The highest BCUT2D eigenvalue weighted by Crippen LogP contribution is 2.31. The number of hydrogen-bond donors (Lipinski definition) is 2. The Morgan fingerprint density at radius 1 is 1.33 bits per heavy atom. The number of hydrogen-bond acceptors (Lipinski definition) is 3. The topological polar surface area (TPSA) is 41.5 Å². The van der Waals surface area contributed by atoms with Gasteiger partial charge in [0.25, 0.3) is 0 Å². The summed E-state index contributed by atoms with van der Waals surface area (Å²) in [5.74, 6) is 0.932. The van der Waals surface area contributed by atoms with Crippen molar-refractivity contribution >= 4 is 0 Å². The summed E-state index contributed by atoms with van der Waals surface area (Å²) in [6.45, 7) is 9.68. The Bertz CT molecular complexity index is 381. The molecule has 0 saturated carbocycles. The van der Waals surface area contributed by atoms with E-state index in [2.05, 4.69) is 38.2 Å². The van der Waals surface area contributed by atoms with Crippen molar-refractivity contribution in [3.8, 4) is 5.75 Å². The fourth-order valence-corrected chi connectivity index (χ4v) is 1.88. The molecule has 0 radical (unpaired) electrons. The van der Waals surface area contributed by atoms with E-state index in [1.807, 2.05) is 6.07 Å². The van der Waals surface area contributed by atoms with Gasteiger partial charge in [0.1, 0.15) is 5.75 Å². The van der Waals surface area contributed by atoms with Crippen LogP contribution in [0.5, 0.6) is 5.75 Å². The van der Waals surface area contributed by atoms with Crippen LogP contribution in [0.4, 0.5) is 0 Å². The largest absolute Gasteiger partial charge is 0.496 e. The molecule has 0 amide bonds. The van der Waals surface area contributed by atoms with Crippen molar-refractivity contribution in [2.45, 2.75) is 45.8 Å². The molecule has 0 fully saturated rings. The van der Waals surface area contributed by atoms with Gasteiger partial charge in [-0.15, -0.1) is 0 Å². The number of aliphatic hydroxyl groups excluding tert-OH is 1. The molecule has 1 unspecified atom stereocenters. The Morgan fingerprint density at radius 2 is 2.00 bits per heavy atom. The molecule has 18 heavy (non-hydrogen) atoms. The Labute approximate surface area is 110 Å². The van der Waals surface area contributed by atoms with E-state index < -0.39 is 0 Å². The van der Waals surface area contributed by atoms with Crippen LogP contribution in [0.3, 0.4) is 0 Å². The molecule has 0 aliphatic carbocycles. The van der Waals surface area contributed by atoms with Gasteiger partial charge in [-0.05, 0) is 29.5 Å². The number of rotatable bonds is 5. The molecule has 1 aromatic carbocycles. The smallest absolute Gasteiger partial charge is 0.122 e. The van der Waals surface area contributed by atoms with Crippen molar-refractivity contribution in [3.05, 3.63) is 29.3 Å². The molecule has 1 aromatic rings. The standard InChI is InChI=1S/C15H25NO2/c1-11(17)9-16-10-12-6-7-14(18-5)13(8-12)15(2,3)4/h6-8,11,16-17H,9-10H2,1-5H3. The van der Waals surface area contributed by atoms with Crippen LogP contribution >= 0.6 is 0 Å². The van der Waals surface area contributed by atoms with E-state index in [9.17, 15) is 5.11 Å². The predicted molar refractivity (Wildman–Crippen MR) is 75.1 cm³/mol. The minimum Gasteiger partial charge on any atom is -0.496 e. The zero-order valence-electron chi connectivity index (χ0n) is 12.1. The molecule has 102 valence electrons. The fraction of sp³-hybridized carbons (Fsp3) is 0.600. The summed E-state index contributed by atoms with van der Waals surface area (Å²) < 4.78 is 5.41. The molecule has 0 saturated heterocycles. The van der Waals surface area contributed by atoms with Gasteiger partial charge in [0.2, 0.25) is 0 Å². The zero-order valence-corrected chi connectivity index (χ0v) is 12.1. The van der Waals surface area contributed by atoms with E-state index in [4.69, 9.17) is 4.74 Å². The van der Waals surface area contributed by atoms with Gasteiger partial charge >= 0.3 is 0 Å². The molecule has 0 bridgehead atoms. The lowest BCUT2D eigenvalue weighted by molar-refractivity contribution is 0.191. The van der Waals surface area contributed by atoms with Crippen molar-refractivity contribution < 1.29 is 9.84 Å². The van der Waals surface area contributed by atoms with Gasteiger partial charge in [0.15, 0.2) is 0 Å². The second-order valence-corrected chi connectivity index (χ2v) is 5.76. The van der Waals surface area contributed by atoms with E-state index >= 15 is 0 Å². The molecule has 1 rings (SSSR count). The van der Waals surface area contributed by atoms with Crippen molar-refractivity contribution in [1.82, 2.24) is 5.32 Å². The summed E-state index contributed by atoms with van der Waals surface area (Å²) >= 11 is 0. The minimum atomic E-state index is -0.315. The third-order valence-electron chi connectivity index (χ3n) is 2.84. The Balaban J connectivity index is 2.83. The van der Waals surface area contributed by atoms with Crippen LogP contribution in [0, 0.1) is 0 Å². The van der Waals surface area contributed by atoms with Gasteiger partial charge in [-0.1, -0.05) is 32.9 Å².